The van der Waals surface area contributed by atoms with Gasteiger partial charge in [-0.2, -0.15) is 0 Å². The zero-order chi connectivity index (χ0) is 8.69. The largest absolute Gasteiger partial charge is 0.273 e. The van der Waals surface area contributed by atoms with E-state index in [0.29, 0.717) is 0 Å². The van der Waals surface area contributed by atoms with E-state index in [1.54, 1.807) is 0 Å². The van der Waals surface area contributed by atoms with Gasteiger partial charge in [-0.25, -0.2) is 5.06 Å². The van der Waals surface area contributed by atoms with E-state index < -0.39 is 0 Å². The SMILES string of the molecule is C#CCN(OC)C(=O)CC=C. The van der Waals surface area contributed by atoms with E-state index in [1.807, 2.05) is 0 Å². The summed E-state index contributed by atoms with van der Waals surface area (Å²) < 4.78 is 0. The summed E-state index contributed by atoms with van der Waals surface area (Å²) in [5.41, 5.74) is 0. The lowest BCUT2D eigenvalue weighted by molar-refractivity contribution is -0.171. The van der Waals surface area contributed by atoms with Crippen LogP contribution in [0.25, 0.3) is 0 Å². The Balaban J connectivity index is 3.93. The van der Waals surface area contributed by atoms with Gasteiger partial charge in [0.15, 0.2) is 0 Å². The Labute approximate surface area is 66.6 Å². The van der Waals surface area contributed by atoms with Gasteiger partial charge < -0.3 is 0 Å². The van der Waals surface area contributed by atoms with Gasteiger partial charge in [-0.3, -0.25) is 9.63 Å². The van der Waals surface area contributed by atoms with Crippen LogP contribution in [-0.2, 0) is 9.63 Å². The first-order valence-corrected chi connectivity index (χ1v) is 3.15. The summed E-state index contributed by atoms with van der Waals surface area (Å²) in [5, 5.41) is 1.11. The van der Waals surface area contributed by atoms with Gasteiger partial charge in [0.2, 0.25) is 0 Å². The zero-order valence-corrected chi connectivity index (χ0v) is 6.54. The van der Waals surface area contributed by atoms with Gasteiger partial charge in [-0.05, 0) is 0 Å². The maximum absolute atomic E-state index is 11.0. The minimum absolute atomic E-state index is 0.170. The fourth-order valence-electron chi connectivity index (χ4n) is 0.563. The van der Waals surface area contributed by atoms with Crippen molar-refractivity contribution < 1.29 is 9.63 Å². The Hall–Kier alpha value is -1.27. The summed E-state index contributed by atoms with van der Waals surface area (Å²) in [5.74, 6) is 2.12. The number of hydrogen-bond acceptors (Lipinski definition) is 2. The smallest absolute Gasteiger partial charge is 0.250 e. The van der Waals surface area contributed by atoms with Crippen molar-refractivity contribution in [3.8, 4) is 12.3 Å². The molecule has 0 aromatic carbocycles. The van der Waals surface area contributed by atoms with Crippen LogP contribution in [0.15, 0.2) is 12.7 Å². The van der Waals surface area contributed by atoms with Gasteiger partial charge in [0, 0.05) is 6.42 Å². The van der Waals surface area contributed by atoms with Crippen LogP contribution in [0.4, 0.5) is 0 Å². The van der Waals surface area contributed by atoms with Crippen LogP contribution < -0.4 is 0 Å². The Morgan fingerprint density at radius 2 is 2.55 bits per heavy atom. The summed E-state index contributed by atoms with van der Waals surface area (Å²) >= 11 is 0. The van der Waals surface area contributed by atoms with E-state index >= 15 is 0 Å². The molecule has 0 rings (SSSR count). The molecule has 0 aliphatic heterocycles. The third-order valence-corrected chi connectivity index (χ3v) is 1.05. The van der Waals surface area contributed by atoms with Crippen LogP contribution in [0.3, 0.4) is 0 Å². The Morgan fingerprint density at radius 1 is 1.91 bits per heavy atom. The van der Waals surface area contributed by atoms with Gasteiger partial charge in [0.05, 0.1) is 7.11 Å². The molecule has 0 aliphatic rings. The number of nitrogens with zero attached hydrogens (tertiary/aromatic N) is 1. The molecule has 0 fully saturated rings. The summed E-state index contributed by atoms with van der Waals surface area (Å²) in [4.78, 5) is 15.7. The van der Waals surface area contributed by atoms with Crippen molar-refractivity contribution in [2.24, 2.45) is 0 Å². The second kappa shape index (κ2) is 5.51. The highest BCUT2D eigenvalue weighted by atomic mass is 16.7. The second-order valence-electron chi connectivity index (χ2n) is 1.81. The predicted molar refractivity (Wildman–Crippen MR) is 42.4 cm³/mol. The number of hydrogen-bond donors (Lipinski definition) is 0. The van der Waals surface area contributed by atoms with Crippen LogP contribution in [0.5, 0.6) is 0 Å². The first-order chi connectivity index (χ1) is 5.26. The van der Waals surface area contributed by atoms with Crippen LogP contribution in [0.2, 0.25) is 0 Å². The van der Waals surface area contributed by atoms with Gasteiger partial charge in [0.1, 0.15) is 6.54 Å². The quantitative estimate of drug-likeness (QED) is 0.336. The molecule has 0 heterocycles. The van der Waals surface area contributed by atoms with Gasteiger partial charge >= 0.3 is 0 Å². The summed E-state index contributed by atoms with van der Waals surface area (Å²) in [6.07, 6.45) is 6.74. The maximum Gasteiger partial charge on any atom is 0.250 e. The average Bonchev–Trinajstić information content (AvgIpc) is 2.00. The molecule has 3 nitrogen and oxygen atoms in total. The predicted octanol–water partition coefficient (Wildman–Crippen LogP) is 0.586. The van der Waals surface area contributed by atoms with Crippen molar-refractivity contribution in [1.82, 2.24) is 5.06 Å². The molecular formula is C8H11NO2. The molecule has 0 N–H and O–H groups in total. The topological polar surface area (TPSA) is 29.5 Å². The summed E-state index contributed by atoms with van der Waals surface area (Å²) in [7, 11) is 1.40. The van der Waals surface area contributed by atoms with Crippen LogP contribution in [0, 0.1) is 12.3 Å². The first-order valence-electron chi connectivity index (χ1n) is 3.15. The van der Waals surface area contributed by atoms with Crippen LogP contribution in [-0.4, -0.2) is 24.6 Å². The number of carbonyl (C=O) groups excluding carboxylic acids is 1. The van der Waals surface area contributed by atoms with Gasteiger partial charge in [-0.1, -0.05) is 12.0 Å². The highest BCUT2D eigenvalue weighted by Gasteiger charge is 2.08. The van der Waals surface area contributed by atoms with Gasteiger partial charge in [-0.15, -0.1) is 13.0 Å². The fourth-order valence-corrected chi connectivity index (χ4v) is 0.563. The lowest BCUT2D eigenvalue weighted by Gasteiger charge is -2.15. The highest BCUT2D eigenvalue weighted by Crippen LogP contribution is 1.93. The van der Waals surface area contributed by atoms with E-state index in [2.05, 4.69) is 12.5 Å². The molecule has 0 saturated carbocycles. The monoisotopic (exact) mass is 153 g/mol. The minimum atomic E-state index is -0.180. The van der Waals surface area contributed by atoms with Crippen molar-refractivity contribution in [2.45, 2.75) is 6.42 Å². The summed E-state index contributed by atoms with van der Waals surface area (Å²) in [6.45, 7) is 3.59. The highest BCUT2D eigenvalue weighted by molar-refractivity contribution is 5.76. The van der Waals surface area contributed by atoms with Crippen molar-refractivity contribution in [3.63, 3.8) is 0 Å². The van der Waals surface area contributed by atoms with Crippen LogP contribution in [0.1, 0.15) is 6.42 Å². The molecule has 3 heteroatoms. The first kappa shape index (κ1) is 9.73. The molecule has 0 spiro atoms. The number of carbonyl (C=O) groups is 1. The van der Waals surface area contributed by atoms with E-state index in [-0.39, 0.29) is 18.9 Å². The Morgan fingerprint density at radius 3 is 2.91 bits per heavy atom. The summed E-state index contributed by atoms with van der Waals surface area (Å²) in [6, 6.07) is 0. The third-order valence-electron chi connectivity index (χ3n) is 1.05. The van der Waals surface area contributed by atoms with Gasteiger partial charge in [0.25, 0.3) is 5.91 Å². The molecule has 0 radical (unpaired) electrons. The number of rotatable bonds is 4. The minimum Gasteiger partial charge on any atom is -0.273 e. The number of terminal acetylenes is 1. The van der Waals surface area contributed by atoms with E-state index in [0.717, 1.165) is 5.06 Å². The van der Waals surface area contributed by atoms with Crippen molar-refractivity contribution in [1.29, 1.82) is 0 Å². The molecule has 0 aliphatic carbocycles. The maximum atomic E-state index is 11.0. The lowest BCUT2D eigenvalue weighted by atomic mass is 10.4. The molecule has 0 bridgehead atoms. The molecule has 0 atom stereocenters. The van der Waals surface area contributed by atoms with Crippen LogP contribution >= 0.6 is 0 Å². The Kier molecular flexibility index (Phi) is 4.87. The van der Waals surface area contributed by atoms with E-state index in [4.69, 9.17) is 11.3 Å². The van der Waals surface area contributed by atoms with Crippen molar-refractivity contribution in [2.75, 3.05) is 13.7 Å². The molecule has 1 amide bonds. The fraction of sp³-hybridized carbons (Fsp3) is 0.375. The molecule has 0 aromatic heterocycles. The second-order valence-corrected chi connectivity index (χ2v) is 1.81. The molecule has 11 heavy (non-hydrogen) atoms. The molecular weight excluding hydrogens is 142 g/mol. The van der Waals surface area contributed by atoms with Crippen molar-refractivity contribution >= 4 is 5.91 Å². The zero-order valence-electron chi connectivity index (χ0n) is 6.54. The average molecular weight is 153 g/mol. The molecule has 0 aromatic rings. The van der Waals surface area contributed by atoms with E-state index in [1.165, 1.54) is 13.2 Å². The van der Waals surface area contributed by atoms with E-state index in [9.17, 15) is 4.79 Å². The molecule has 0 saturated heterocycles. The third kappa shape index (κ3) is 3.43. The number of hydroxylamine groups is 2. The standard InChI is InChI=1S/C8H11NO2/c1-4-6-8(10)9(11-3)7-5-2/h2,4H,1,6-7H2,3H3. The molecule has 0 unspecified atom stereocenters. The lowest BCUT2D eigenvalue weighted by Crippen LogP contribution is -2.29. The molecule has 60 valence electrons. The normalized spacial score (nSPS) is 8.36. The number of amides is 1. The Bertz CT molecular complexity index is 181. The van der Waals surface area contributed by atoms with Crippen molar-refractivity contribution in [3.05, 3.63) is 12.7 Å².